The maximum Gasteiger partial charge on any atom is 0.274 e. The van der Waals surface area contributed by atoms with Crippen LogP contribution in [-0.4, -0.2) is 20.9 Å². The number of hydrogen-bond acceptors (Lipinski definition) is 5. The van der Waals surface area contributed by atoms with Gasteiger partial charge in [0.05, 0.1) is 0 Å². The SMILES string of the molecule is Cc1cc(C)cc(NC(=O)c2cc(NCc3cccnc3)nc(C)n2)c1. The molecule has 0 radical (unpaired) electrons. The minimum atomic E-state index is -0.259. The van der Waals surface area contributed by atoms with E-state index in [0.717, 1.165) is 22.4 Å². The summed E-state index contributed by atoms with van der Waals surface area (Å²) in [4.78, 5) is 25.3. The number of aromatic nitrogens is 3. The van der Waals surface area contributed by atoms with Gasteiger partial charge in [-0.05, 0) is 55.7 Å². The van der Waals surface area contributed by atoms with Crippen LogP contribution in [-0.2, 0) is 6.54 Å². The van der Waals surface area contributed by atoms with E-state index in [1.807, 2.05) is 38.1 Å². The second-order valence-electron chi connectivity index (χ2n) is 6.23. The lowest BCUT2D eigenvalue weighted by atomic mass is 10.1. The first-order valence-electron chi connectivity index (χ1n) is 8.38. The molecule has 1 aromatic carbocycles. The maximum absolute atomic E-state index is 12.6. The Bertz CT molecular complexity index is 904. The van der Waals surface area contributed by atoms with E-state index in [-0.39, 0.29) is 5.91 Å². The number of rotatable bonds is 5. The Kier molecular flexibility index (Phi) is 5.22. The fourth-order valence-electron chi connectivity index (χ4n) is 2.71. The average Bonchev–Trinajstić information content (AvgIpc) is 2.59. The largest absolute Gasteiger partial charge is 0.366 e. The number of anilines is 2. The summed E-state index contributed by atoms with van der Waals surface area (Å²) in [6.45, 7) is 6.33. The van der Waals surface area contributed by atoms with Gasteiger partial charge < -0.3 is 10.6 Å². The first-order valence-corrected chi connectivity index (χ1v) is 8.38. The summed E-state index contributed by atoms with van der Waals surface area (Å²) in [5, 5.41) is 6.11. The summed E-state index contributed by atoms with van der Waals surface area (Å²) >= 11 is 0. The lowest BCUT2D eigenvalue weighted by molar-refractivity contribution is 0.102. The van der Waals surface area contributed by atoms with Crippen molar-refractivity contribution in [3.8, 4) is 0 Å². The lowest BCUT2D eigenvalue weighted by Crippen LogP contribution is -2.16. The van der Waals surface area contributed by atoms with Gasteiger partial charge in [0.2, 0.25) is 0 Å². The van der Waals surface area contributed by atoms with E-state index < -0.39 is 0 Å². The van der Waals surface area contributed by atoms with Crippen LogP contribution in [0.15, 0.2) is 48.8 Å². The van der Waals surface area contributed by atoms with Crippen molar-refractivity contribution in [2.24, 2.45) is 0 Å². The number of amides is 1. The van der Waals surface area contributed by atoms with Gasteiger partial charge in [-0.25, -0.2) is 9.97 Å². The van der Waals surface area contributed by atoms with E-state index in [2.05, 4.69) is 31.7 Å². The quantitative estimate of drug-likeness (QED) is 0.736. The Morgan fingerprint density at radius 2 is 1.81 bits per heavy atom. The van der Waals surface area contributed by atoms with Crippen molar-refractivity contribution in [3.05, 3.63) is 77.0 Å². The molecule has 6 heteroatoms. The van der Waals surface area contributed by atoms with Gasteiger partial charge in [-0.15, -0.1) is 0 Å². The molecule has 0 aliphatic rings. The number of nitrogens with one attached hydrogen (secondary N) is 2. The molecule has 3 aromatic rings. The van der Waals surface area contributed by atoms with Crippen molar-refractivity contribution in [2.75, 3.05) is 10.6 Å². The first-order chi connectivity index (χ1) is 12.5. The third-order valence-electron chi connectivity index (χ3n) is 3.75. The van der Waals surface area contributed by atoms with Crippen LogP contribution in [0.3, 0.4) is 0 Å². The van der Waals surface area contributed by atoms with Crippen LogP contribution < -0.4 is 10.6 Å². The number of benzene rings is 1. The first kappa shape index (κ1) is 17.5. The van der Waals surface area contributed by atoms with Crippen LogP contribution >= 0.6 is 0 Å². The molecule has 0 fully saturated rings. The number of hydrogen-bond donors (Lipinski definition) is 2. The zero-order valence-corrected chi connectivity index (χ0v) is 15.1. The van der Waals surface area contributed by atoms with Gasteiger partial charge in [0.1, 0.15) is 17.3 Å². The second kappa shape index (κ2) is 7.74. The second-order valence-corrected chi connectivity index (χ2v) is 6.23. The van der Waals surface area contributed by atoms with E-state index in [1.54, 1.807) is 25.4 Å². The Morgan fingerprint density at radius 1 is 1.04 bits per heavy atom. The highest BCUT2D eigenvalue weighted by atomic mass is 16.1. The highest BCUT2D eigenvalue weighted by Crippen LogP contribution is 2.16. The summed E-state index contributed by atoms with van der Waals surface area (Å²) in [5.41, 5.74) is 4.31. The molecule has 6 nitrogen and oxygen atoms in total. The molecule has 0 spiro atoms. The molecule has 2 N–H and O–H groups in total. The lowest BCUT2D eigenvalue weighted by Gasteiger charge is -2.10. The molecule has 0 saturated heterocycles. The molecule has 1 amide bonds. The number of carbonyl (C=O) groups is 1. The van der Waals surface area contributed by atoms with E-state index in [0.29, 0.717) is 23.9 Å². The molecule has 0 atom stereocenters. The number of aryl methyl sites for hydroxylation is 3. The van der Waals surface area contributed by atoms with Crippen molar-refractivity contribution >= 4 is 17.4 Å². The van der Waals surface area contributed by atoms with Crippen LogP contribution in [0.2, 0.25) is 0 Å². The smallest absolute Gasteiger partial charge is 0.274 e. The monoisotopic (exact) mass is 347 g/mol. The standard InChI is InChI=1S/C20H21N5O/c1-13-7-14(2)9-17(8-13)25-20(26)18-10-19(24-15(3)23-18)22-12-16-5-4-6-21-11-16/h4-11H,12H2,1-3H3,(H,25,26)(H,22,23,24). The van der Waals surface area contributed by atoms with Crippen molar-refractivity contribution in [1.29, 1.82) is 0 Å². The summed E-state index contributed by atoms with van der Waals surface area (Å²) in [5.74, 6) is 0.878. The minimum Gasteiger partial charge on any atom is -0.366 e. The van der Waals surface area contributed by atoms with Crippen LogP contribution in [0.25, 0.3) is 0 Å². The zero-order chi connectivity index (χ0) is 18.5. The summed E-state index contributed by atoms with van der Waals surface area (Å²) in [7, 11) is 0. The highest BCUT2D eigenvalue weighted by molar-refractivity contribution is 6.03. The summed E-state index contributed by atoms with van der Waals surface area (Å²) < 4.78 is 0. The molecular formula is C20H21N5O. The number of pyridine rings is 1. The minimum absolute atomic E-state index is 0.259. The summed E-state index contributed by atoms with van der Waals surface area (Å²) in [6, 6.07) is 11.4. The van der Waals surface area contributed by atoms with Gasteiger partial charge in [-0.3, -0.25) is 9.78 Å². The van der Waals surface area contributed by atoms with Gasteiger partial charge in [-0.1, -0.05) is 12.1 Å². The van der Waals surface area contributed by atoms with Gasteiger partial charge in [0.25, 0.3) is 5.91 Å². The predicted molar refractivity (Wildman–Crippen MR) is 102 cm³/mol. The molecular weight excluding hydrogens is 326 g/mol. The Morgan fingerprint density at radius 3 is 2.50 bits per heavy atom. The van der Waals surface area contributed by atoms with E-state index in [1.165, 1.54) is 0 Å². The van der Waals surface area contributed by atoms with Crippen LogP contribution in [0.5, 0.6) is 0 Å². The molecule has 2 aromatic heterocycles. The Labute approximate surface area is 152 Å². The molecule has 0 aliphatic heterocycles. The zero-order valence-electron chi connectivity index (χ0n) is 15.1. The molecule has 3 rings (SSSR count). The number of carbonyl (C=O) groups excluding carboxylic acids is 1. The van der Waals surface area contributed by atoms with Crippen LogP contribution in [0.4, 0.5) is 11.5 Å². The molecule has 2 heterocycles. The van der Waals surface area contributed by atoms with Crippen LogP contribution in [0.1, 0.15) is 33.0 Å². The van der Waals surface area contributed by atoms with Crippen molar-refractivity contribution in [1.82, 2.24) is 15.0 Å². The van der Waals surface area contributed by atoms with E-state index >= 15 is 0 Å². The molecule has 132 valence electrons. The van der Waals surface area contributed by atoms with Crippen molar-refractivity contribution in [2.45, 2.75) is 27.3 Å². The van der Waals surface area contributed by atoms with Gasteiger partial charge in [0, 0.05) is 30.7 Å². The van der Waals surface area contributed by atoms with Gasteiger partial charge >= 0.3 is 0 Å². The number of nitrogens with zero attached hydrogens (tertiary/aromatic N) is 3. The highest BCUT2D eigenvalue weighted by Gasteiger charge is 2.11. The molecule has 0 saturated carbocycles. The van der Waals surface area contributed by atoms with Gasteiger partial charge in [-0.2, -0.15) is 0 Å². The molecule has 0 bridgehead atoms. The van der Waals surface area contributed by atoms with Crippen molar-refractivity contribution in [3.63, 3.8) is 0 Å². The predicted octanol–water partition coefficient (Wildman–Crippen LogP) is 3.66. The van der Waals surface area contributed by atoms with Crippen molar-refractivity contribution < 1.29 is 4.79 Å². The van der Waals surface area contributed by atoms with Gasteiger partial charge in [0.15, 0.2) is 0 Å². The molecule has 0 unspecified atom stereocenters. The topological polar surface area (TPSA) is 79.8 Å². The summed E-state index contributed by atoms with van der Waals surface area (Å²) in [6.07, 6.45) is 3.52. The fraction of sp³-hybridized carbons (Fsp3) is 0.200. The molecule has 26 heavy (non-hydrogen) atoms. The average molecular weight is 347 g/mol. The maximum atomic E-state index is 12.6. The Balaban J connectivity index is 1.74. The molecule has 0 aliphatic carbocycles. The third-order valence-corrected chi connectivity index (χ3v) is 3.75. The normalized spacial score (nSPS) is 10.4. The Hall–Kier alpha value is -3.28. The fourth-order valence-corrected chi connectivity index (χ4v) is 2.71. The van der Waals surface area contributed by atoms with Crippen LogP contribution in [0, 0.1) is 20.8 Å². The van der Waals surface area contributed by atoms with E-state index in [9.17, 15) is 4.79 Å². The third kappa shape index (κ3) is 4.63. The van der Waals surface area contributed by atoms with E-state index in [4.69, 9.17) is 0 Å².